The number of H-pyrrole nitrogens is 4. The summed E-state index contributed by atoms with van der Waals surface area (Å²) in [4.78, 5) is 43.8. The highest BCUT2D eigenvalue weighted by Crippen LogP contribution is 2.40. The third-order valence-electron chi connectivity index (χ3n) is 16.9. The van der Waals surface area contributed by atoms with Crippen molar-refractivity contribution in [3.05, 3.63) is 193 Å². The van der Waals surface area contributed by atoms with Gasteiger partial charge in [0.1, 0.15) is 50.6 Å². The fourth-order valence-electron chi connectivity index (χ4n) is 12.7. The van der Waals surface area contributed by atoms with E-state index < -0.39 is 0 Å². The number of para-hydroxylation sites is 3. The monoisotopic (exact) mass is 1070 g/mol. The molecule has 0 atom stereocenters. The highest BCUT2D eigenvalue weighted by molar-refractivity contribution is 6.09. The van der Waals surface area contributed by atoms with Gasteiger partial charge in [-0.1, -0.05) is 160 Å². The average molecular weight is 1070 g/mol. The van der Waals surface area contributed by atoms with Gasteiger partial charge in [0.15, 0.2) is 17.5 Å². The molecule has 13 nitrogen and oxygen atoms in total. The summed E-state index contributed by atoms with van der Waals surface area (Å²) in [5.41, 5.74) is 13.8. The first-order chi connectivity index (χ1) is 40.1. The molecule has 3 aliphatic rings. The molecule has 7 heterocycles. The lowest BCUT2D eigenvalue weighted by Gasteiger charge is -2.09. The van der Waals surface area contributed by atoms with Gasteiger partial charge in [-0.25, -0.2) is 29.9 Å². The van der Waals surface area contributed by atoms with Gasteiger partial charge in [0, 0.05) is 64.4 Å². The predicted molar refractivity (Wildman–Crippen MR) is 332 cm³/mol. The number of anilines is 4. The van der Waals surface area contributed by atoms with Crippen molar-refractivity contribution in [1.29, 1.82) is 0 Å². The normalized spacial score (nSPS) is 15.1. The lowest BCUT2D eigenvalue weighted by atomic mass is 10.1. The van der Waals surface area contributed by atoms with Crippen LogP contribution in [-0.2, 0) is 13.0 Å². The Kier molecular flexibility index (Phi) is 14.0. The lowest BCUT2D eigenvalue weighted by molar-refractivity contribution is 0.681. The Morgan fingerprint density at radius 3 is 1.35 bits per heavy atom. The molecule has 0 spiro atoms. The number of aromatic amines is 4. The van der Waals surface area contributed by atoms with E-state index in [-0.39, 0.29) is 0 Å². The average Bonchev–Trinajstić information content (AvgIpc) is 4.46. The van der Waals surface area contributed by atoms with E-state index in [1.54, 1.807) is 0 Å². The first-order valence-corrected chi connectivity index (χ1v) is 29.4. The van der Waals surface area contributed by atoms with Crippen LogP contribution in [0.2, 0.25) is 0 Å². The number of fused-ring (bicyclic) bond motifs is 10. The highest BCUT2D eigenvalue weighted by atomic mass is 15.1. The molecule has 13 aromatic rings. The van der Waals surface area contributed by atoms with Crippen LogP contribution >= 0.6 is 0 Å². The zero-order valence-corrected chi connectivity index (χ0v) is 45.6. The minimum atomic E-state index is 0.536. The Morgan fingerprint density at radius 2 is 0.840 bits per heavy atom. The SMILES string of the molecule is c1ccc(CCNc2nc3ccccc3c3nc(C4CCCC4)[nH]c23)cc1.c1ccc(CNc2nc3ccccc3c3nc(C4CCCC4)[nH]c23)cc1.c1ccc2c(c1)nc(Nc1ccc3cc[nH]c3c1)c1[nH]c(C3CCCC3)nc12. The molecule has 404 valence electrons. The van der Waals surface area contributed by atoms with E-state index in [0.29, 0.717) is 17.8 Å². The topological polar surface area (TPSA) is 177 Å². The van der Waals surface area contributed by atoms with Gasteiger partial charge in [0.2, 0.25) is 0 Å². The van der Waals surface area contributed by atoms with Crippen LogP contribution in [0.3, 0.4) is 0 Å². The van der Waals surface area contributed by atoms with Gasteiger partial charge in [0.25, 0.3) is 0 Å². The van der Waals surface area contributed by atoms with Crippen LogP contribution in [0.25, 0.3) is 76.7 Å². The Morgan fingerprint density at radius 1 is 0.407 bits per heavy atom. The van der Waals surface area contributed by atoms with Crippen LogP contribution in [0.4, 0.5) is 23.1 Å². The standard InChI is InChI=1S/C23H21N5.C23H24N4.C22H22N4/c1-2-6-15(5-1)22-27-20-17-7-3-4-8-18(17)26-23(21(20)28-22)25-16-10-9-14-11-12-24-19(14)13-16;1-2-8-16(9-3-1)14-15-24-23-21-20(18-12-6-7-13-19(18)25-23)26-22(27-21)17-10-4-5-11-17;1-2-8-15(9-3-1)14-23-22-20-19(17-12-6-7-13-18(17)24-22)25-21(26-20)16-10-4-5-11-16/h3-4,7-13,15,24H,1-2,5-6H2,(H,25,26)(H,27,28);1-3,6-9,12-13,17H,4-5,10-11,14-15H2,(H,24,25)(H,26,27);1-3,6-9,12-13,16H,4-5,10-11,14H2,(H,23,24)(H,25,26). The molecule has 3 saturated carbocycles. The lowest BCUT2D eigenvalue weighted by Crippen LogP contribution is -2.07. The van der Waals surface area contributed by atoms with Crippen LogP contribution in [0.1, 0.15) is 123 Å². The van der Waals surface area contributed by atoms with E-state index in [9.17, 15) is 0 Å². The number of benzene rings is 6. The number of nitrogens with zero attached hydrogens (tertiary/aromatic N) is 6. The summed E-state index contributed by atoms with van der Waals surface area (Å²) >= 11 is 0. The number of pyridine rings is 3. The first-order valence-electron chi connectivity index (χ1n) is 29.4. The van der Waals surface area contributed by atoms with E-state index >= 15 is 0 Å². The number of nitrogens with one attached hydrogen (secondary N) is 7. The summed E-state index contributed by atoms with van der Waals surface area (Å²) in [6.07, 6.45) is 18.1. The molecule has 0 aliphatic heterocycles. The molecule has 13 heteroatoms. The second-order valence-electron chi connectivity index (χ2n) is 22.3. The van der Waals surface area contributed by atoms with Crippen LogP contribution < -0.4 is 16.0 Å². The quantitative estimate of drug-likeness (QED) is 0.0628. The molecule has 0 unspecified atom stereocenters. The second-order valence-corrected chi connectivity index (χ2v) is 22.3. The summed E-state index contributed by atoms with van der Waals surface area (Å²) < 4.78 is 0. The van der Waals surface area contributed by atoms with E-state index in [2.05, 4.69) is 169 Å². The van der Waals surface area contributed by atoms with E-state index in [1.807, 2.05) is 30.5 Å². The number of imidazole rings is 3. The summed E-state index contributed by atoms with van der Waals surface area (Å²) in [7, 11) is 0. The van der Waals surface area contributed by atoms with Gasteiger partial charge < -0.3 is 35.9 Å². The molecule has 0 saturated heterocycles. The molecule has 3 fully saturated rings. The molecule has 81 heavy (non-hydrogen) atoms. The minimum absolute atomic E-state index is 0.536. The Bertz CT molecular complexity index is 4290. The maximum Gasteiger partial charge on any atom is 0.157 e. The van der Waals surface area contributed by atoms with Crippen LogP contribution in [0, 0.1) is 0 Å². The molecular formula is C68H67N13. The summed E-state index contributed by atoms with van der Waals surface area (Å²) in [5, 5.41) is 15.1. The van der Waals surface area contributed by atoms with Crippen molar-refractivity contribution in [3.63, 3.8) is 0 Å². The molecule has 7 aromatic heterocycles. The molecule has 0 radical (unpaired) electrons. The smallest absolute Gasteiger partial charge is 0.157 e. The number of aromatic nitrogens is 10. The van der Waals surface area contributed by atoms with Gasteiger partial charge in [-0.15, -0.1) is 0 Å². The molecule has 0 amide bonds. The third kappa shape index (κ3) is 10.5. The maximum absolute atomic E-state index is 5.03. The molecule has 6 aromatic carbocycles. The summed E-state index contributed by atoms with van der Waals surface area (Å²) in [6.45, 7) is 1.60. The minimum Gasteiger partial charge on any atom is -0.368 e. The van der Waals surface area contributed by atoms with Crippen molar-refractivity contribution in [2.75, 3.05) is 22.5 Å². The van der Waals surface area contributed by atoms with Crippen LogP contribution in [0.5, 0.6) is 0 Å². The van der Waals surface area contributed by atoms with Crippen molar-refractivity contribution in [1.82, 2.24) is 49.8 Å². The van der Waals surface area contributed by atoms with Gasteiger partial charge in [-0.05, 0) is 97.9 Å². The fraction of sp³-hybridized carbons (Fsp3) is 0.265. The predicted octanol–water partition coefficient (Wildman–Crippen LogP) is 16.8. The van der Waals surface area contributed by atoms with Crippen molar-refractivity contribution in [2.24, 2.45) is 0 Å². The van der Waals surface area contributed by atoms with Crippen molar-refractivity contribution >= 4 is 99.9 Å². The molecule has 7 N–H and O–H groups in total. The Labute approximate surface area is 470 Å². The van der Waals surface area contributed by atoms with Gasteiger partial charge >= 0.3 is 0 Å². The summed E-state index contributed by atoms with van der Waals surface area (Å²) in [5.74, 6) is 7.65. The number of rotatable bonds is 12. The fourth-order valence-corrected chi connectivity index (χ4v) is 12.7. The molecule has 0 bridgehead atoms. The Hall–Kier alpha value is -9.10. The van der Waals surface area contributed by atoms with Crippen molar-refractivity contribution < 1.29 is 0 Å². The number of hydrogen-bond donors (Lipinski definition) is 7. The third-order valence-corrected chi connectivity index (χ3v) is 16.9. The Balaban J connectivity index is 0.000000109. The molecule has 3 aliphatic carbocycles. The largest absolute Gasteiger partial charge is 0.368 e. The van der Waals surface area contributed by atoms with E-state index in [4.69, 9.17) is 29.9 Å². The summed E-state index contributed by atoms with van der Waals surface area (Å²) in [6, 6.07) is 54.2. The zero-order chi connectivity index (χ0) is 53.9. The maximum atomic E-state index is 5.03. The first kappa shape index (κ1) is 50.1. The van der Waals surface area contributed by atoms with E-state index in [0.717, 1.165) is 131 Å². The van der Waals surface area contributed by atoms with Gasteiger partial charge in [0.05, 0.1) is 16.6 Å². The van der Waals surface area contributed by atoms with Crippen molar-refractivity contribution in [3.8, 4) is 0 Å². The van der Waals surface area contributed by atoms with Crippen molar-refractivity contribution in [2.45, 2.75) is 108 Å². The zero-order valence-electron chi connectivity index (χ0n) is 45.6. The van der Waals surface area contributed by atoms with Crippen LogP contribution in [0.15, 0.2) is 164 Å². The van der Waals surface area contributed by atoms with Gasteiger partial charge in [-0.2, -0.15) is 0 Å². The van der Waals surface area contributed by atoms with E-state index in [1.165, 1.54) is 93.6 Å². The highest BCUT2D eigenvalue weighted by Gasteiger charge is 2.25. The molecular weight excluding hydrogens is 999 g/mol. The second kappa shape index (κ2) is 22.6. The van der Waals surface area contributed by atoms with Crippen LogP contribution in [-0.4, -0.2) is 56.4 Å². The number of hydrogen-bond acceptors (Lipinski definition) is 9. The molecule has 16 rings (SSSR count). The van der Waals surface area contributed by atoms with Gasteiger partial charge in [-0.3, -0.25) is 0 Å².